The number of rotatable bonds is 16. The van der Waals surface area contributed by atoms with Crippen molar-refractivity contribution in [2.45, 2.75) is 82.4 Å². The number of fused-ring (bicyclic) bond motifs is 1. The van der Waals surface area contributed by atoms with Gasteiger partial charge in [-0.1, -0.05) is 30.3 Å². The number of hydrogen-bond donors (Lipinski definition) is 4. The number of nitrogens with zero attached hydrogens (tertiary/aromatic N) is 3. The molecule has 4 N–H and O–H groups in total. The van der Waals surface area contributed by atoms with Crippen molar-refractivity contribution in [3.8, 4) is 11.3 Å². The van der Waals surface area contributed by atoms with E-state index in [0.717, 1.165) is 61.1 Å². The van der Waals surface area contributed by atoms with Gasteiger partial charge in [0.25, 0.3) is 5.91 Å². The number of hydrogen-bond acceptors (Lipinski definition) is 10. The lowest BCUT2D eigenvalue weighted by atomic mass is 10.0. The molecule has 0 bridgehead atoms. The molecule has 306 valence electrons. The summed E-state index contributed by atoms with van der Waals surface area (Å²) in [5.74, 6) is -1.75. The monoisotopic (exact) mass is 827 g/mol. The van der Waals surface area contributed by atoms with Gasteiger partial charge in [0.15, 0.2) is 15.0 Å². The highest BCUT2D eigenvalue weighted by molar-refractivity contribution is 7.92. The molecule has 0 spiro atoms. The standard InChI is InChI=1S/C42H49N7O7S2/c1-25(2)58(55,56)36-22-31(26(3)19-27(36)4)39(52)44-23-38(51)47-41-45-32(24-57-41)30-12-6-9-28(20-30)10-7-17-43-18-8-11-29-13-14-33-35(21-29)48(5)42(54)49(33)34-15-16-37(50)46-40(34)53/h6,9,12-14,19-22,24-25,34,43H,7-8,10-11,15-18,23H2,1-5H3,(H,44,52)(H,45,47,51)(H,46,50,53). The van der Waals surface area contributed by atoms with Gasteiger partial charge < -0.3 is 16.0 Å². The van der Waals surface area contributed by atoms with Crippen LogP contribution in [0.2, 0.25) is 0 Å². The zero-order valence-electron chi connectivity index (χ0n) is 33.3. The van der Waals surface area contributed by atoms with Gasteiger partial charge in [0.1, 0.15) is 6.04 Å². The second kappa shape index (κ2) is 18.0. The Labute approximate surface area is 341 Å². The SMILES string of the molecule is Cc1cc(C)c(S(=O)(=O)C(C)C)cc1C(=O)NCC(=O)Nc1nc(-c2cccc(CCCNCCCc3ccc4c(c3)n(C)c(=O)n4C3CCC(=O)NC3=O)c2)cs1. The molecule has 14 nitrogen and oxygen atoms in total. The van der Waals surface area contributed by atoms with E-state index in [0.29, 0.717) is 28.2 Å². The summed E-state index contributed by atoms with van der Waals surface area (Å²) >= 11 is 1.28. The van der Waals surface area contributed by atoms with Gasteiger partial charge in [0, 0.05) is 30.0 Å². The van der Waals surface area contributed by atoms with Gasteiger partial charge in [-0.15, -0.1) is 11.3 Å². The minimum Gasteiger partial charge on any atom is -0.343 e. The van der Waals surface area contributed by atoms with E-state index >= 15 is 0 Å². The molecule has 2 aromatic heterocycles. The van der Waals surface area contributed by atoms with Gasteiger partial charge in [-0.25, -0.2) is 18.2 Å². The highest BCUT2D eigenvalue weighted by Gasteiger charge is 2.31. The fourth-order valence-electron chi connectivity index (χ4n) is 7.16. The van der Waals surface area contributed by atoms with Crippen molar-refractivity contribution in [2.75, 3.05) is 25.0 Å². The number of anilines is 1. The maximum atomic E-state index is 13.1. The number of imidazole rings is 1. The average molecular weight is 828 g/mol. The molecular formula is C42H49N7O7S2. The van der Waals surface area contributed by atoms with Crippen LogP contribution in [0, 0.1) is 13.8 Å². The van der Waals surface area contributed by atoms with Crippen molar-refractivity contribution >= 4 is 61.0 Å². The lowest BCUT2D eigenvalue weighted by molar-refractivity contribution is -0.135. The van der Waals surface area contributed by atoms with Crippen molar-refractivity contribution in [1.82, 2.24) is 30.1 Å². The molecule has 16 heteroatoms. The fraction of sp³-hybridized carbons (Fsp3) is 0.381. The number of piperidine rings is 1. The zero-order valence-corrected chi connectivity index (χ0v) is 34.9. The molecule has 1 aliphatic rings. The summed E-state index contributed by atoms with van der Waals surface area (Å²) in [6, 6.07) is 16.4. The number of carbonyl (C=O) groups is 4. The number of sulfone groups is 1. The molecule has 1 saturated heterocycles. The molecule has 0 saturated carbocycles. The molecule has 6 rings (SSSR count). The Morgan fingerprint density at radius 2 is 1.67 bits per heavy atom. The summed E-state index contributed by atoms with van der Waals surface area (Å²) in [5.41, 5.74) is 6.47. The molecule has 58 heavy (non-hydrogen) atoms. The van der Waals surface area contributed by atoms with E-state index in [-0.39, 0.29) is 35.0 Å². The summed E-state index contributed by atoms with van der Waals surface area (Å²) in [6.45, 7) is 7.98. The molecule has 1 atom stereocenters. The molecule has 5 aromatic rings. The number of carbonyl (C=O) groups excluding carboxylic acids is 4. The summed E-state index contributed by atoms with van der Waals surface area (Å²) in [7, 11) is -1.89. The highest BCUT2D eigenvalue weighted by atomic mass is 32.2. The predicted octanol–water partition coefficient (Wildman–Crippen LogP) is 4.76. The van der Waals surface area contributed by atoms with Crippen molar-refractivity contribution in [2.24, 2.45) is 7.05 Å². The van der Waals surface area contributed by atoms with Crippen LogP contribution < -0.4 is 27.0 Å². The molecule has 4 amide bonds. The summed E-state index contributed by atoms with van der Waals surface area (Å²) in [5, 5.41) is 12.8. The number of thiazole rings is 1. The Morgan fingerprint density at radius 1 is 0.948 bits per heavy atom. The maximum absolute atomic E-state index is 13.1. The Bertz CT molecular complexity index is 2550. The topological polar surface area (TPSA) is 190 Å². The van der Waals surface area contributed by atoms with Crippen LogP contribution in [0.3, 0.4) is 0 Å². The summed E-state index contributed by atoms with van der Waals surface area (Å²) in [6.07, 6.45) is 4.05. The van der Waals surface area contributed by atoms with E-state index in [1.165, 1.54) is 27.5 Å². The van der Waals surface area contributed by atoms with Gasteiger partial charge in [-0.2, -0.15) is 0 Å². The first-order chi connectivity index (χ1) is 27.6. The quantitative estimate of drug-likeness (QED) is 0.0803. The van der Waals surface area contributed by atoms with Gasteiger partial charge in [-0.3, -0.25) is 33.6 Å². The zero-order chi connectivity index (χ0) is 41.7. The first kappa shape index (κ1) is 42.2. The van der Waals surface area contributed by atoms with Gasteiger partial charge in [0.05, 0.1) is 33.4 Å². The van der Waals surface area contributed by atoms with Gasteiger partial charge in [-0.05, 0) is 119 Å². The molecule has 1 aliphatic heterocycles. The van der Waals surface area contributed by atoms with E-state index in [9.17, 15) is 32.4 Å². The Morgan fingerprint density at radius 3 is 2.38 bits per heavy atom. The van der Waals surface area contributed by atoms with E-state index in [1.54, 1.807) is 45.4 Å². The Kier molecular flexibility index (Phi) is 13.1. The van der Waals surface area contributed by atoms with Crippen LogP contribution in [0.5, 0.6) is 0 Å². The third-order valence-electron chi connectivity index (χ3n) is 10.4. The number of aryl methyl sites for hydroxylation is 5. The average Bonchev–Trinajstić information content (AvgIpc) is 3.74. The van der Waals surface area contributed by atoms with Crippen LogP contribution in [0.1, 0.15) is 78.2 Å². The van der Waals surface area contributed by atoms with Crippen molar-refractivity contribution in [3.05, 3.63) is 98.3 Å². The van der Waals surface area contributed by atoms with Crippen molar-refractivity contribution < 1.29 is 27.6 Å². The van der Waals surface area contributed by atoms with Gasteiger partial charge >= 0.3 is 5.69 Å². The molecule has 0 radical (unpaired) electrons. The van der Waals surface area contributed by atoms with Crippen LogP contribution >= 0.6 is 11.3 Å². The van der Waals surface area contributed by atoms with E-state index in [2.05, 4.69) is 38.4 Å². The molecular weight excluding hydrogens is 779 g/mol. The van der Waals surface area contributed by atoms with Crippen molar-refractivity contribution in [1.29, 1.82) is 0 Å². The summed E-state index contributed by atoms with van der Waals surface area (Å²) in [4.78, 5) is 67.6. The molecule has 1 unspecified atom stereocenters. The second-order valence-electron chi connectivity index (χ2n) is 15.0. The molecule has 0 aliphatic carbocycles. The van der Waals surface area contributed by atoms with Crippen LogP contribution in [-0.2, 0) is 44.1 Å². The number of nitrogens with one attached hydrogen (secondary N) is 4. The van der Waals surface area contributed by atoms with E-state index < -0.39 is 38.9 Å². The predicted molar refractivity (Wildman–Crippen MR) is 225 cm³/mol. The second-order valence-corrected chi connectivity index (χ2v) is 18.3. The summed E-state index contributed by atoms with van der Waals surface area (Å²) < 4.78 is 28.7. The van der Waals surface area contributed by atoms with Gasteiger partial charge in [0.2, 0.25) is 17.7 Å². The largest absolute Gasteiger partial charge is 0.343 e. The number of benzene rings is 3. The molecule has 3 aromatic carbocycles. The minimum atomic E-state index is -3.59. The smallest absolute Gasteiger partial charge is 0.329 e. The molecule has 1 fully saturated rings. The number of amides is 4. The Hall–Kier alpha value is -5.45. The van der Waals surface area contributed by atoms with Crippen LogP contribution in [0.15, 0.2) is 69.7 Å². The van der Waals surface area contributed by atoms with Crippen LogP contribution in [0.25, 0.3) is 22.3 Å². The molecule has 3 heterocycles. The highest BCUT2D eigenvalue weighted by Crippen LogP contribution is 2.27. The fourth-order valence-corrected chi connectivity index (χ4v) is 9.19. The van der Waals surface area contributed by atoms with Crippen molar-refractivity contribution in [3.63, 3.8) is 0 Å². The lowest BCUT2D eigenvalue weighted by Gasteiger charge is -2.21. The lowest BCUT2D eigenvalue weighted by Crippen LogP contribution is -2.44. The minimum absolute atomic E-state index is 0.108. The van der Waals surface area contributed by atoms with E-state index in [4.69, 9.17) is 0 Å². The number of imide groups is 1. The normalized spacial score (nSPS) is 14.6. The Balaban J connectivity index is 0.935. The third-order valence-corrected chi connectivity index (χ3v) is 13.4. The van der Waals surface area contributed by atoms with Crippen LogP contribution in [-0.4, -0.2) is 71.0 Å². The third kappa shape index (κ3) is 9.46. The van der Waals surface area contributed by atoms with Crippen LogP contribution in [0.4, 0.5) is 5.13 Å². The number of aromatic nitrogens is 3. The van der Waals surface area contributed by atoms with E-state index in [1.807, 2.05) is 35.7 Å². The maximum Gasteiger partial charge on any atom is 0.329 e. The first-order valence-electron chi connectivity index (χ1n) is 19.4. The first-order valence-corrected chi connectivity index (χ1v) is 21.8.